The van der Waals surface area contributed by atoms with Crippen LogP contribution < -0.4 is 11.1 Å². The lowest BCUT2D eigenvalue weighted by atomic mass is 10.3. The van der Waals surface area contributed by atoms with E-state index in [-0.39, 0.29) is 0 Å². The summed E-state index contributed by atoms with van der Waals surface area (Å²) in [6.07, 6.45) is 0. The van der Waals surface area contributed by atoms with E-state index in [1.807, 2.05) is 18.7 Å². The number of nitrogens with two attached hydrogens (primary N) is 1. The van der Waals surface area contributed by atoms with Crippen molar-refractivity contribution in [3.63, 3.8) is 0 Å². The van der Waals surface area contributed by atoms with E-state index in [1.165, 1.54) is 5.69 Å². The van der Waals surface area contributed by atoms with Gasteiger partial charge in [0.25, 0.3) is 0 Å². The normalized spacial score (nSPS) is 10.6. The zero-order valence-electron chi connectivity index (χ0n) is 7.67. The number of aromatic nitrogens is 2. The molecule has 1 rings (SSSR count). The first kappa shape index (κ1) is 9.22. The molecule has 0 aromatic carbocycles. The second-order valence-electron chi connectivity index (χ2n) is 2.87. The van der Waals surface area contributed by atoms with E-state index >= 15 is 0 Å². The van der Waals surface area contributed by atoms with Crippen LogP contribution in [0.4, 0.5) is 0 Å². The molecule has 1 aromatic rings. The van der Waals surface area contributed by atoms with Crippen molar-refractivity contribution in [2.75, 3.05) is 13.1 Å². The van der Waals surface area contributed by atoms with Crippen LogP contribution in [0.2, 0.25) is 0 Å². The van der Waals surface area contributed by atoms with Crippen LogP contribution in [0.3, 0.4) is 0 Å². The number of hydrogen-bond acceptors (Lipinski definition) is 3. The van der Waals surface area contributed by atoms with Gasteiger partial charge >= 0.3 is 0 Å². The molecule has 0 spiro atoms. The van der Waals surface area contributed by atoms with E-state index in [1.54, 1.807) is 0 Å². The van der Waals surface area contributed by atoms with Crippen LogP contribution in [-0.2, 0) is 13.6 Å². The van der Waals surface area contributed by atoms with E-state index in [9.17, 15) is 0 Å². The molecule has 4 heteroatoms. The van der Waals surface area contributed by atoms with Crippen LogP contribution in [0.15, 0.2) is 6.07 Å². The van der Waals surface area contributed by atoms with Crippen molar-refractivity contribution in [3.05, 3.63) is 17.5 Å². The van der Waals surface area contributed by atoms with Crippen LogP contribution in [0.25, 0.3) is 0 Å². The molecule has 0 saturated carbocycles. The number of aryl methyl sites for hydroxylation is 2. The first-order valence-corrected chi connectivity index (χ1v) is 4.14. The highest BCUT2D eigenvalue weighted by Gasteiger charge is 1.99. The van der Waals surface area contributed by atoms with E-state index in [0.29, 0.717) is 6.54 Å². The van der Waals surface area contributed by atoms with E-state index in [4.69, 9.17) is 5.73 Å². The third kappa shape index (κ3) is 2.32. The predicted molar refractivity (Wildman–Crippen MR) is 48.7 cm³/mol. The Kier molecular flexibility index (Phi) is 3.25. The third-order valence-corrected chi connectivity index (χ3v) is 1.73. The fourth-order valence-electron chi connectivity index (χ4n) is 1.15. The van der Waals surface area contributed by atoms with Gasteiger partial charge < -0.3 is 11.1 Å². The molecule has 0 fully saturated rings. The van der Waals surface area contributed by atoms with E-state index in [0.717, 1.165) is 18.8 Å². The Morgan fingerprint density at radius 1 is 1.67 bits per heavy atom. The molecular weight excluding hydrogens is 152 g/mol. The zero-order chi connectivity index (χ0) is 8.97. The van der Waals surface area contributed by atoms with Crippen LogP contribution >= 0.6 is 0 Å². The van der Waals surface area contributed by atoms with Gasteiger partial charge in [0, 0.05) is 26.7 Å². The summed E-state index contributed by atoms with van der Waals surface area (Å²) < 4.78 is 1.89. The van der Waals surface area contributed by atoms with Crippen molar-refractivity contribution < 1.29 is 0 Å². The summed E-state index contributed by atoms with van der Waals surface area (Å²) >= 11 is 0. The second kappa shape index (κ2) is 4.23. The summed E-state index contributed by atoms with van der Waals surface area (Å²) in [5.41, 5.74) is 7.60. The summed E-state index contributed by atoms with van der Waals surface area (Å²) in [6.45, 7) is 4.36. The molecule has 4 nitrogen and oxygen atoms in total. The molecule has 0 bridgehead atoms. The lowest BCUT2D eigenvalue weighted by Gasteiger charge is -2.02. The minimum absolute atomic E-state index is 0.677. The number of rotatable bonds is 4. The monoisotopic (exact) mass is 168 g/mol. The maximum Gasteiger partial charge on any atom is 0.0597 e. The van der Waals surface area contributed by atoms with Gasteiger partial charge in [0.1, 0.15) is 0 Å². The smallest absolute Gasteiger partial charge is 0.0597 e. The van der Waals surface area contributed by atoms with Crippen molar-refractivity contribution in [3.8, 4) is 0 Å². The maximum absolute atomic E-state index is 5.35. The Morgan fingerprint density at radius 3 is 2.92 bits per heavy atom. The number of nitrogens with one attached hydrogen (secondary N) is 1. The fraction of sp³-hybridized carbons (Fsp3) is 0.625. The summed E-state index contributed by atoms with van der Waals surface area (Å²) in [7, 11) is 1.95. The van der Waals surface area contributed by atoms with Gasteiger partial charge in [0.15, 0.2) is 0 Å². The van der Waals surface area contributed by atoms with Crippen molar-refractivity contribution in [2.24, 2.45) is 12.8 Å². The minimum Gasteiger partial charge on any atom is -0.329 e. The largest absolute Gasteiger partial charge is 0.329 e. The van der Waals surface area contributed by atoms with Gasteiger partial charge in [-0.2, -0.15) is 5.10 Å². The molecule has 0 amide bonds. The van der Waals surface area contributed by atoms with Gasteiger partial charge in [0.05, 0.1) is 11.4 Å². The lowest BCUT2D eigenvalue weighted by molar-refractivity contribution is 0.628. The highest BCUT2D eigenvalue weighted by molar-refractivity contribution is 5.08. The zero-order valence-corrected chi connectivity index (χ0v) is 7.67. The molecule has 68 valence electrons. The van der Waals surface area contributed by atoms with Gasteiger partial charge in [-0.3, -0.25) is 4.68 Å². The van der Waals surface area contributed by atoms with Crippen LogP contribution in [0, 0.1) is 6.92 Å². The lowest BCUT2D eigenvalue weighted by Crippen LogP contribution is -2.22. The summed E-state index contributed by atoms with van der Waals surface area (Å²) in [4.78, 5) is 0. The van der Waals surface area contributed by atoms with E-state index in [2.05, 4.69) is 16.5 Å². The second-order valence-corrected chi connectivity index (χ2v) is 2.87. The van der Waals surface area contributed by atoms with Crippen molar-refractivity contribution in [2.45, 2.75) is 13.5 Å². The van der Waals surface area contributed by atoms with Gasteiger partial charge in [-0.05, 0) is 13.0 Å². The SMILES string of the molecule is Cc1cc(CNCCN)n(C)n1. The Hall–Kier alpha value is -0.870. The van der Waals surface area contributed by atoms with Crippen molar-refractivity contribution >= 4 is 0 Å². The van der Waals surface area contributed by atoms with Crippen molar-refractivity contribution in [1.82, 2.24) is 15.1 Å². The van der Waals surface area contributed by atoms with Crippen LogP contribution in [0.5, 0.6) is 0 Å². The molecule has 3 N–H and O–H groups in total. The highest BCUT2D eigenvalue weighted by Crippen LogP contribution is 2.00. The van der Waals surface area contributed by atoms with Gasteiger partial charge in [-0.15, -0.1) is 0 Å². The molecule has 12 heavy (non-hydrogen) atoms. The minimum atomic E-state index is 0.677. The molecule has 0 unspecified atom stereocenters. The highest BCUT2D eigenvalue weighted by atomic mass is 15.3. The summed E-state index contributed by atoms with van der Waals surface area (Å²) in [5, 5.41) is 7.45. The third-order valence-electron chi connectivity index (χ3n) is 1.73. The topological polar surface area (TPSA) is 55.9 Å². The van der Waals surface area contributed by atoms with Crippen LogP contribution in [0.1, 0.15) is 11.4 Å². The Bertz CT molecular complexity index is 241. The average Bonchev–Trinajstić information content (AvgIpc) is 2.31. The average molecular weight is 168 g/mol. The molecule has 0 atom stereocenters. The molecule has 0 aliphatic carbocycles. The molecule has 0 aliphatic heterocycles. The van der Waals surface area contributed by atoms with Gasteiger partial charge in [-0.25, -0.2) is 0 Å². The first-order chi connectivity index (χ1) is 5.74. The quantitative estimate of drug-likeness (QED) is 0.611. The van der Waals surface area contributed by atoms with Crippen molar-refractivity contribution in [1.29, 1.82) is 0 Å². The first-order valence-electron chi connectivity index (χ1n) is 4.14. The Morgan fingerprint density at radius 2 is 2.42 bits per heavy atom. The predicted octanol–water partition coefficient (Wildman–Crippen LogP) is -0.223. The fourth-order valence-corrected chi connectivity index (χ4v) is 1.15. The Labute approximate surface area is 72.8 Å². The number of nitrogens with zero attached hydrogens (tertiary/aromatic N) is 2. The molecule has 0 saturated heterocycles. The maximum atomic E-state index is 5.35. The molecule has 1 aromatic heterocycles. The summed E-state index contributed by atoms with van der Waals surface area (Å²) in [6, 6.07) is 2.07. The molecule has 1 heterocycles. The van der Waals surface area contributed by atoms with Gasteiger partial charge in [-0.1, -0.05) is 0 Å². The molecule has 0 aliphatic rings. The summed E-state index contributed by atoms with van der Waals surface area (Å²) in [5.74, 6) is 0. The van der Waals surface area contributed by atoms with E-state index < -0.39 is 0 Å². The Balaban J connectivity index is 2.45. The molecular formula is C8H16N4. The van der Waals surface area contributed by atoms with Crippen LogP contribution in [-0.4, -0.2) is 22.9 Å². The number of hydrogen-bond donors (Lipinski definition) is 2. The molecule has 0 radical (unpaired) electrons. The standard InChI is InChI=1S/C8H16N4/c1-7-5-8(12(2)11-7)6-10-4-3-9/h5,10H,3-4,6,9H2,1-2H3. The van der Waals surface area contributed by atoms with Gasteiger partial charge in [0.2, 0.25) is 0 Å².